The molecular formula is C10H18O2. The Labute approximate surface area is 75.6 Å². The maximum atomic E-state index is 8.02. The Bertz CT molecular complexity index is 188. The molecule has 2 aliphatic rings. The zero-order valence-corrected chi connectivity index (χ0v) is 7.88. The maximum absolute atomic E-state index is 8.02. The van der Waals surface area contributed by atoms with Crippen molar-refractivity contribution < 1.29 is 10.8 Å². The summed E-state index contributed by atoms with van der Waals surface area (Å²) in [6.45, 7) is 5.47. The van der Waals surface area contributed by atoms with Gasteiger partial charge >= 0.3 is 0 Å². The largest absolute Gasteiger partial charge is 0.352 e. The highest BCUT2D eigenvalue weighted by Crippen LogP contribution is 2.38. The van der Waals surface area contributed by atoms with Crippen molar-refractivity contribution in [2.45, 2.75) is 33.0 Å². The van der Waals surface area contributed by atoms with Gasteiger partial charge in [0.25, 0.3) is 0 Å². The van der Waals surface area contributed by atoms with Crippen LogP contribution in [0.5, 0.6) is 0 Å². The second-order valence-corrected chi connectivity index (χ2v) is 4.06. The standard InChI is InChI=1S/C10H18O2/c1-7(2)9-6-12-10-8(9)4-3-5-11-10/h7-10H,3-6H2,1-2H3/t8-,9?,10+/m1/s1/i7D. The van der Waals surface area contributed by atoms with E-state index in [-0.39, 0.29) is 12.2 Å². The SMILES string of the molecule is [2H]C(C)(C)C1CO[C@@H]2OCCC[C@H]12. The number of hydrogen-bond donors (Lipinski definition) is 0. The van der Waals surface area contributed by atoms with E-state index >= 15 is 0 Å². The molecule has 2 saturated heterocycles. The van der Waals surface area contributed by atoms with E-state index in [1.165, 1.54) is 0 Å². The van der Waals surface area contributed by atoms with Crippen molar-refractivity contribution in [1.82, 2.24) is 0 Å². The first-order chi connectivity index (χ1) is 6.09. The van der Waals surface area contributed by atoms with Gasteiger partial charge in [0.05, 0.1) is 6.61 Å². The molecule has 0 amide bonds. The smallest absolute Gasteiger partial charge is 0.160 e. The Morgan fingerprint density at radius 1 is 1.42 bits per heavy atom. The van der Waals surface area contributed by atoms with Crippen molar-refractivity contribution in [1.29, 1.82) is 0 Å². The lowest BCUT2D eigenvalue weighted by Gasteiger charge is -2.28. The lowest BCUT2D eigenvalue weighted by molar-refractivity contribution is -0.151. The first kappa shape index (κ1) is 7.34. The van der Waals surface area contributed by atoms with Crippen molar-refractivity contribution in [3.63, 3.8) is 0 Å². The van der Waals surface area contributed by atoms with E-state index in [0.29, 0.717) is 18.4 Å². The van der Waals surface area contributed by atoms with Gasteiger partial charge in [-0.25, -0.2) is 0 Å². The van der Waals surface area contributed by atoms with E-state index in [2.05, 4.69) is 0 Å². The summed E-state index contributed by atoms with van der Waals surface area (Å²) in [6, 6.07) is 0. The molecule has 1 unspecified atom stereocenters. The summed E-state index contributed by atoms with van der Waals surface area (Å²) in [5, 5.41) is 0. The second-order valence-electron chi connectivity index (χ2n) is 4.06. The van der Waals surface area contributed by atoms with Crippen molar-refractivity contribution in [2.75, 3.05) is 13.2 Å². The molecule has 2 heteroatoms. The Morgan fingerprint density at radius 2 is 2.25 bits per heavy atom. The predicted molar refractivity (Wildman–Crippen MR) is 46.7 cm³/mol. The predicted octanol–water partition coefficient (Wildman–Crippen LogP) is 2.04. The van der Waals surface area contributed by atoms with Gasteiger partial charge in [0.1, 0.15) is 0 Å². The summed E-state index contributed by atoms with van der Waals surface area (Å²) in [5.41, 5.74) is 0. The average molecular weight is 171 g/mol. The second kappa shape index (κ2) is 3.35. The van der Waals surface area contributed by atoms with E-state index in [0.717, 1.165) is 19.4 Å². The molecule has 0 bridgehead atoms. The lowest BCUT2D eigenvalue weighted by Crippen LogP contribution is -2.30. The third-order valence-electron chi connectivity index (χ3n) is 3.01. The van der Waals surface area contributed by atoms with Gasteiger partial charge in [-0.05, 0) is 24.7 Å². The molecule has 2 aliphatic heterocycles. The minimum Gasteiger partial charge on any atom is -0.352 e. The van der Waals surface area contributed by atoms with Gasteiger partial charge in [0.2, 0.25) is 0 Å². The quantitative estimate of drug-likeness (QED) is 0.601. The molecule has 0 aliphatic carbocycles. The molecule has 70 valence electrons. The van der Waals surface area contributed by atoms with Crippen LogP contribution in [0.2, 0.25) is 0 Å². The van der Waals surface area contributed by atoms with E-state index in [9.17, 15) is 0 Å². The molecule has 0 aromatic carbocycles. The fraction of sp³-hybridized carbons (Fsp3) is 1.00. The van der Waals surface area contributed by atoms with Gasteiger partial charge < -0.3 is 9.47 Å². The first-order valence-corrected chi connectivity index (χ1v) is 4.82. The molecule has 2 fully saturated rings. The molecule has 0 aromatic heterocycles. The summed E-state index contributed by atoms with van der Waals surface area (Å²) in [5.74, 6) is 0.416. The van der Waals surface area contributed by atoms with Gasteiger partial charge in [-0.3, -0.25) is 0 Å². The van der Waals surface area contributed by atoms with Crippen LogP contribution in [-0.4, -0.2) is 19.5 Å². The molecule has 3 atom stereocenters. The summed E-state index contributed by atoms with van der Waals surface area (Å²) in [4.78, 5) is 0. The Morgan fingerprint density at radius 3 is 3.00 bits per heavy atom. The molecule has 0 saturated carbocycles. The van der Waals surface area contributed by atoms with Crippen LogP contribution in [0.25, 0.3) is 0 Å². The molecule has 2 rings (SSSR count). The van der Waals surface area contributed by atoms with Gasteiger partial charge in [0, 0.05) is 13.9 Å². The van der Waals surface area contributed by atoms with Gasteiger partial charge in [-0.2, -0.15) is 0 Å². The van der Waals surface area contributed by atoms with Crippen LogP contribution in [0.4, 0.5) is 0 Å². The fourth-order valence-corrected chi connectivity index (χ4v) is 2.26. The number of rotatable bonds is 1. The summed E-state index contributed by atoms with van der Waals surface area (Å²) in [7, 11) is 0. The normalized spacial score (nSPS) is 43.8. The van der Waals surface area contributed by atoms with Crippen molar-refractivity contribution in [2.24, 2.45) is 17.7 Å². The highest BCUT2D eigenvalue weighted by atomic mass is 16.7. The Balaban J connectivity index is 2.07. The Kier molecular flexibility index (Phi) is 2.05. The third-order valence-corrected chi connectivity index (χ3v) is 3.01. The highest BCUT2D eigenvalue weighted by Gasteiger charge is 2.40. The molecule has 0 N–H and O–H groups in total. The van der Waals surface area contributed by atoms with Crippen molar-refractivity contribution >= 4 is 0 Å². The van der Waals surface area contributed by atoms with E-state index in [1.54, 1.807) is 0 Å². The monoisotopic (exact) mass is 171 g/mol. The van der Waals surface area contributed by atoms with E-state index in [4.69, 9.17) is 10.8 Å². The molecule has 2 heterocycles. The van der Waals surface area contributed by atoms with E-state index < -0.39 is 0 Å². The van der Waals surface area contributed by atoms with Crippen LogP contribution < -0.4 is 0 Å². The fourth-order valence-electron chi connectivity index (χ4n) is 2.26. The zero-order valence-electron chi connectivity index (χ0n) is 8.88. The van der Waals surface area contributed by atoms with Crippen LogP contribution >= 0.6 is 0 Å². The number of hydrogen-bond acceptors (Lipinski definition) is 2. The zero-order chi connectivity index (χ0) is 9.47. The van der Waals surface area contributed by atoms with Crippen LogP contribution in [0.15, 0.2) is 0 Å². The third kappa shape index (κ3) is 1.38. The molecule has 0 radical (unpaired) electrons. The Hall–Kier alpha value is -0.0800. The molecule has 2 nitrogen and oxygen atoms in total. The van der Waals surface area contributed by atoms with Crippen LogP contribution in [0.3, 0.4) is 0 Å². The van der Waals surface area contributed by atoms with Crippen molar-refractivity contribution in [3.05, 3.63) is 0 Å². The van der Waals surface area contributed by atoms with Crippen LogP contribution in [0, 0.1) is 17.7 Å². The molecular weight excluding hydrogens is 152 g/mol. The first-order valence-electron chi connectivity index (χ1n) is 5.32. The minimum absolute atomic E-state index is 0.0108. The molecule has 0 aromatic rings. The van der Waals surface area contributed by atoms with Crippen LogP contribution in [0.1, 0.15) is 28.1 Å². The van der Waals surface area contributed by atoms with Gasteiger partial charge in [-0.15, -0.1) is 0 Å². The molecule has 12 heavy (non-hydrogen) atoms. The van der Waals surface area contributed by atoms with Crippen molar-refractivity contribution in [3.8, 4) is 0 Å². The van der Waals surface area contributed by atoms with Gasteiger partial charge in [0.15, 0.2) is 6.29 Å². The average Bonchev–Trinajstić information content (AvgIpc) is 2.45. The molecule has 0 spiro atoms. The summed E-state index contributed by atoms with van der Waals surface area (Å²) < 4.78 is 19.1. The van der Waals surface area contributed by atoms with Gasteiger partial charge in [-0.1, -0.05) is 13.8 Å². The highest BCUT2D eigenvalue weighted by molar-refractivity contribution is 4.83. The summed E-state index contributed by atoms with van der Waals surface area (Å²) >= 11 is 0. The van der Waals surface area contributed by atoms with E-state index in [1.807, 2.05) is 13.8 Å². The number of ether oxygens (including phenoxy) is 2. The lowest BCUT2D eigenvalue weighted by atomic mass is 9.82. The summed E-state index contributed by atoms with van der Waals surface area (Å²) in [6.07, 6.45) is 2.28. The van der Waals surface area contributed by atoms with Crippen LogP contribution in [-0.2, 0) is 9.47 Å². The topological polar surface area (TPSA) is 18.5 Å². The minimum atomic E-state index is -0.389. The number of fused-ring (bicyclic) bond motifs is 1. The maximum Gasteiger partial charge on any atom is 0.160 e.